The van der Waals surface area contributed by atoms with Gasteiger partial charge in [0.25, 0.3) is 5.69 Å². The van der Waals surface area contributed by atoms with Crippen molar-refractivity contribution < 1.29 is 9.72 Å². The molecule has 1 aliphatic rings. The minimum atomic E-state index is -0.398. The van der Waals surface area contributed by atoms with Gasteiger partial charge in [0.2, 0.25) is 5.91 Å². The Hall–Kier alpha value is -2.28. The number of hydrogen-bond donors (Lipinski definition) is 1. The topological polar surface area (TPSA) is 85.1 Å². The molecule has 0 fully saturated rings. The van der Waals surface area contributed by atoms with E-state index in [1.807, 2.05) is 0 Å². The largest absolute Gasteiger partial charge is 0.302 e. The molecule has 1 aliphatic carbocycles. The second-order valence-corrected chi connectivity index (χ2v) is 5.57. The van der Waals surface area contributed by atoms with Crippen LogP contribution in [0.1, 0.15) is 18.2 Å². The van der Waals surface area contributed by atoms with E-state index < -0.39 is 4.92 Å². The van der Waals surface area contributed by atoms with Crippen LogP contribution in [0.3, 0.4) is 0 Å². The fraction of sp³-hybridized carbons (Fsp3) is 0.231. The van der Waals surface area contributed by atoms with Crippen molar-refractivity contribution in [1.29, 1.82) is 0 Å². The van der Waals surface area contributed by atoms with E-state index in [1.165, 1.54) is 24.3 Å². The summed E-state index contributed by atoms with van der Waals surface area (Å²) in [7, 11) is 0. The van der Waals surface area contributed by atoms with Crippen molar-refractivity contribution >= 4 is 28.1 Å². The van der Waals surface area contributed by atoms with Crippen LogP contribution in [0, 0.1) is 10.1 Å². The quantitative estimate of drug-likeness (QED) is 0.680. The Morgan fingerprint density at radius 1 is 1.45 bits per heavy atom. The highest BCUT2D eigenvalue weighted by Gasteiger charge is 2.23. The Morgan fingerprint density at radius 2 is 2.25 bits per heavy atom. The molecule has 1 heterocycles. The van der Waals surface area contributed by atoms with Crippen LogP contribution in [-0.2, 0) is 17.6 Å². The van der Waals surface area contributed by atoms with Crippen molar-refractivity contribution in [3.8, 4) is 10.4 Å². The molecule has 0 saturated heterocycles. The van der Waals surface area contributed by atoms with Gasteiger partial charge in [-0.15, -0.1) is 0 Å². The van der Waals surface area contributed by atoms with Crippen LogP contribution in [0.5, 0.6) is 0 Å². The van der Waals surface area contributed by atoms with Crippen molar-refractivity contribution in [2.75, 3.05) is 5.32 Å². The SMILES string of the molecule is CC(=O)Nc1nc2c(s1)-c1cc([N+](=O)[O-])ccc1CC2. The van der Waals surface area contributed by atoms with Crippen LogP contribution in [-0.4, -0.2) is 15.8 Å². The number of aryl methyl sites for hydroxylation is 2. The van der Waals surface area contributed by atoms with E-state index in [-0.39, 0.29) is 11.6 Å². The monoisotopic (exact) mass is 289 g/mol. The smallest absolute Gasteiger partial charge is 0.270 e. The zero-order valence-corrected chi connectivity index (χ0v) is 11.5. The lowest BCUT2D eigenvalue weighted by Gasteiger charge is -2.14. The van der Waals surface area contributed by atoms with Crippen LogP contribution in [0.15, 0.2) is 18.2 Å². The number of rotatable bonds is 2. The van der Waals surface area contributed by atoms with E-state index in [9.17, 15) is 14.9 Å². The molecule has 0 radical (unpaired) electrons. The van der Waals surface area contributed by atoms with Gasteiger partial charge in [0.05, 0.1) is 15.5 Å². The van der Waals surface area contributed by atoms with E-state index >= 15 is 0 Å². The minimum absolute atomic E-state index is 0.0751. The van der Waals surface area contributed by atoms with Crippen molar-refractivity contribution in [1.82, 2.24) is 4.98 Å². The lowest BCUT2D eigenvalue weighted by atomic mass is 9.93. The predicted octanol–water partition coefficient (Wildman–Crippen LogP) is 2.78. The number of aromatic nitrogens is 1. The first kappa shape index (κ1) is 12.7. The van der Waals surface area contributed by atoms with Crippen molar-refractivity contribution in [2.24, 2.45) is 0 Å². The number of carbonyl (C=O) groups is 1. The molecule has 0 saturated carbocycles. The summed E-state index contributed by atoms with van der Waals surface area (Å²) in [5, 5.41) is 14.1. The maximum Gasteiger partial charge on any atom is 0.270 e. The Bertz CT molecular complexity index is 724. The van der Waals surface area contributed by atoms with Gasteiger partial charge in [-0.25, -0.2) is 4.98 Å². The number of nitrogens with one attached hydrogen (secondary N) is 1. The van der Waals surface area contributed by atoms with Crippen molar-refractivity contribution in [3.05, 3.63) is 39.6 Å². The molecular weight excluding hydrogens is 278 g/mol. The van der Waals surface area contributed by atoms with Gasteiger partial charge >= 0.3 is 0 Å². The number of non-ortho nitro benzene ring substituents is 1. The molecule has 20 heavy (non-hydrogen) atoms. The maximum absolute atomic E-state index is 11.1. The van der Waals surface area contributed by atoms with Gasteiger partial charge < -0.3 is 5.32 Å². The second-order valence-electron chi connectivity index (χ2n) is 4.57. The summed E-state index contributed by atoms with van der Waals surface area (Å²) in [6.45, 7) is 1.43. The number of amides is 1. The summed E-state index contributed by atoms with van der Waals surface area (Å²) in [5.74, 6) is -0.171. The van der Waals surface area contributed by atoms with Gasteiger partial charge in [-0.3, -0.25) is 14.9 Å². The van der Waals surface area contributed by atoms with Gasteiger partial charge in [-0.05, 0) is 18.4 Å². The molecule has 3 rings (SSSR count). The first-order valence-electron chi connectivity index (χ1n) is 6.09. The molecule has 102 valence electrons. The normalized spacial score (nSPS) is 12.4. The first-order chi connectivity index (χ1) is 9.54. The average molecular weight is 289 g/mol. The summed E-state index contributed by atoms with van der Waals surface area (Å²) >= 11 is 1.36. The van der Waals surface area contributed by atoms with Crippen LogP contribution < -0.4 is 5.32 Å². The number of nitro groups is 1. The van der Waals surface area contributed by atoms with Gasteiger partial charge in [0.15, 0.2) is 5.13 Å². The zero-order chi connectivity index (χ0) is 14.3. The number of fused-ring (bicyclic) bond motifs is 3. The van der Waals surface area contributed by atoms with Crippen LogP contribution in [0.25, 0.3) is 10.4 Å². The second kappa shape index (κ2) is 4.68. The van der Waals surface area contributed by atoms with Gasteiger partial charge in [-0.1, -0.05) is 17.4 Å². The Kier molecular flexibility index (Phi) is 2.98. The number of nitrogens with zero attached hydrogens (tertiary/aromatic N) is 2. The van der Waals surface area contributed by atoms with E-state index in [0.717, 1.165) is 34.5 Å². The van der Waals surface area contributed by atoms with Gasteiger partial charge in [0.1, 0.15) is 0 Å². The number of nitro benzene ring substituents is 1. The summed E-state index contributed by atoms with van der Waals surface area (Å²) in [5.41, 5.74) is 2.91. The number of anilines is 1. The van der Waals surface area contributed by atoms with E-state index in [0.29, 0.717) is 5.13 Å². The lowest BCUT2D eigenvalue weighted by Crippen LogP contribution is -2.06. The predicted molar refractivity (Wildman–Crippen MR) is 75.9 cm³/mol. The summed E-state index contributed by atoms with van der Waals surface area (Å²) < 4.78 is 0. The highest BCUT2D eigenvalue weighted by molar-refractivity contribution is 7.19. The zero-order valence-electron chi connectivity index (χ0n) is 10.7. The molecule has 1 amide bonds. The molecule has 6 nitrogen and oxygen atoms in total. The Labute approximate surface area is 118 Å². The number of hydrogen-bond acceptors (Lipinski definition) is 5. The van der Waals surface area contributed by atoms with Crippen LogP contribution in [0.2, 0.25) is 0 Å². The summed E-state index contributed by atoms with van der Waals surface area (Å²) in [6.07, 6.45) is 1.60. The van der Waals surface area contributed by atoms with E-state index in [2.05, 4.69) is 10.3 Å². The van der Waals surface area contributed by atoms with Crippen molar-refractivity contribution in [3.63, 3.8) is 0 Å². The van der Waals surface area contributed by atoms with Crippen molar-refractivity contribution in [2.45, 2.75) is 19.8 Å². The van der Waals surface area contributed by atoms with Crippen LogP contribution in [0.4, 0.5) is 10.8 Å². The number of carbonyl (C=O) groups excluding carboxylic acids is 1. The van der Waals surface area contributed by atoms with Gasteiger partial charge in [0, 0.05) is 24.6 Å². The highest BCUT2D eigenvalue weighted by Crippen LogP contribution is 2.40. The molecule has 2 aromatic rings. The molecule has 0 atom stereocenters. The summed E-state index contributed by atoms with van der Waals surface area (Å²) in [6, 6.07) is 4.91. The summed E-state index contributed by atoms with van der Waals surface area (Å²) in [4.78, 5) is 26.9. The number of benzene rings is 1. The minimum Gasteiger partial charge on any atom is -0.302 e. The average Bonchev–Trinajstić information content (AvgIpc) is 2.79. The standard InChI is InChI=1S/C13H11N3O3S/c1-7(17)14-13-15-11-5-3-8-2-4-9(16(18)19)6-10(8)12(11)20-13/h2,4,6H,3,5H2,1H3,(H,14,15,17). The molecule has 1 aromatic heterocycles. The molecular formula is C13H11N3O3S. The fourth-order valence-electron chi connectivity index (χ4n) is 2.30. The number of thiazole rings is 1. The maximum atomic E-state index is 11.1. The van der Waals surface area contributed by atoms with Gasteiger partial charge in [-0.2, -0.15) is 0 Å². The molecule has 0 bridgehead atoms. The van der Waals surface area contributed by atoms with E-state index in [1.54, 1.807) is 12.1 Å². The first-order valence-corrected chi connectivity index (χ1v) is 6.91. The Balaban J connectivity index is 2.08. The molecule has 0 spiro atoms. The molecule has 1 aromatic carbocycles. The third-order valence-electron chi connectivity index (χ3n) is 3.16. The molecule has 7 heteroatoms. The molecule has 0 unspecified atom stereocenters. The Morgan fingerprint density at radius 3 is 2.95 bits per heavy atom. The highest BCUT2D eigenvalue weighted by atomic mass is 32.1. The molecule has 0 aliphatic heterocycles. The lowest BCUT2D eigenvalue weighted by molar-refractivity contribution is -0.384. The third kappa shape index (κ3) is 2.16. The fourth-order valence-corrected chi connectivity index (χ4v) is 3.41. The third-order valence-corrected chi connectivity index (χ3v) is 4.21. The van der Waals surface area contributed by atoms with Crippen LogP contribution >= 0.6 is 11.3 Å². The molecule has 1 N–H and O–H groups in total. The van der Waals surface area contributed by atoms with E-state index in [4.69, 9.17) is 0 Å².